The number of benzene rings is 1. The lowest BCUT2D eigenvalue weighted by atomic mass is 10.1. The van der Waals surface area contributed by atoms with E-state index >= 15 is 0 Å². The summed E-state index contributed by atoms with van der Waals surface area (Å²) in [7, 11) is 0. The van der Waals surface area contributed by atoms with Gasteiger partial charge in [0.15, 0.2) is 0 Å². The van der Waals surface area contributed by atoms with Crippen molar-refractivity contribution >= 4 is 10.9 Å². The minimum atomic E-state index is 0.690. The summed E-state index contributed by atoms with van der Waals surface area (Å²) < 4.78 is 0. The van der Waals surface area contributed by atoms with Crippen molar-refractivity contribution in [3.05, 3.63) is 36.0 Å². The second kappa shape index (κ2) is 4.49. The molecule has 0 saturated carbocycles. The number of fused-ring (bicyclic) bond motifs is 1. The average Bonchev–Trinajstić information content (AvgIpc) is 2.62. The lowest BCUT2D eigenvalue weighted by Gasteiger charge is -2.03. The Morgan fingerprint density at radius 1 is 1.27 bits per heavy atom. The van der Waals surface area contributed by atoms with Gasteiger partial charge in [-0.05, 0) is 25.5 Å². The zero-order valence-electron chi connectivity index (χ0n) is 9.46. The number of hydrogen-bond acceptors (Lipinski definition) is 0. The van der Waals surface area contributed by atoms with E-state index in [0.717, 1.165) is 6.42 Å². The van der Waals surface area contributed by atoms with Crippen molar-refractivity contribution in [1.82, 2.24) is 4.98 Å². The number of rotatable bonds is 4. The van der Waals surface area contributed by atoms with E-state index in [1.165, 1.54) is 23.0 Å². The molecular formula is C13H19N2+. The lowest BCUT2D eigenvalue weighted by Crippen LogP contribution is -2.88. The third-order valence-corrected chi connectivity index (χ3v) is 2.73. The van der Waals surface area contributed by atoms with E-state index in [4.69, 9.17) is 0 Å². The molecule has 1 aromatic carbocycles. The maximum absolute atomic E-state index is 3.31. The molecule has 0 saturated heterocycles. The van der Waals surface area contributed by atoms with Crippen molar-refractivity contribution in [2.75, 3.05) is 6.54 Å². The van der Waals surface area contributed by atoms with Gasteiger partial charge in [-0.25, -0.2) is 0 Å². The Balaban J connectivity index is 2.08. The molecule has 0 amide bonds. The normalized spacial score (nSPS) is 11.4. The Labute approximate surface area is 90.7 Å². The van der Waals surface area contributed by atoms with Gasteiger partial charge in [-0.1, -0.05) is 18.2 Å². The van der Waals surface area contributed by atoms with Crippen LogP contribution in [0.1, 0.15) is 19.4 Å². The molecule has 0 fully saturated rings. The summed E-state index contributed by atoms with van der Waals surface area (Å²) >= 11 is 0. The molecule has 0 aliphatic heterocycles. The second-order valence-corrected chi connectivity index (χ2v) is 4.38. The fourth-order valence-electron chi connectivity index (χ4n) is 1.91. The number of aromatic nitrogens is 1. The number of aromatic amines is 1. The van der Waals surface area contributed by atoms with Gasteiger partial charge in [-0.2, -0.15) is 0 Å². The number of hydrogen-bond donors (Lipinski definition) is 2. The summed E-state index contributed by atoms with van der Waals surface area (Å²) in [6.07, 6.45) is 3.28. The summed E-state index contributed by atoms with van der Waals surface area (Å²) in [4.78, 5) is 3.31. The number of quaternary nitrogens is 1. The molecule has 0 radical (unpaired) electrons. The number of nitrogens with one attached hydrogen (secondary N) is 1. The van der Waals surface area contributed by atoms with Crippen LogP contribution in [0.2, 0.25) is 0 Å². The Bertz CT molecular complexity index is 429. The van der Waals surface area contributed by atoms with E-state index in [1.54, 1.807) is 0 Å². The minimum absolute atomic E-state index is 0.690. The van der Waals surface area contributed by atoms with Gasteiger partial charge in [0, 0.05) is 23.5 Å². The van der Waals surface area contributed by atoms with Crippen molar-refractivity contribution in [3.8, 4) is 0 Å². The third-order valence-electron chi connectivity index (χ3n) is 2.73. The Morgan fingerprint density at radius 2 is 2.07 bits per heavy atom. The average molecular weight is 203 g/mol. The summed E-state index contributed by atoms with van der Waals surface area (Å²) in [6, 6.07) is 9.19. The van der Waals surface area contributed by atoms with Gasteiger partial charge in [-0.3, -0.25) is 0 Å². The number of para-hydroxylation sites is 1. The summed E-state index contributed by atoms with van der Waals surface area (Å²) in [5.74, 6) is 0. The fraction of sp³-hybridized carbons (Fsp3) is 0.385. The molecular weight excluding hydrogens is 184 g/mol. The quantitative estimate of drug-likeness (QED) is 0.758. The van der Waals surface area contributed by atoms with Gasteiger partial charge in [0.05, 0.1) is 12.6 Å². The van der Waals surface area contributed by atoms with E-state index in [9.17, 15) is 0 Å². The first-order chi connectivity index (χ1) is 7.27. The van der Waals surface area contributed by atoms with Crippen LogP contribution < -0.4 is 5.32 Å². The van der Waals surface area contributed by atoms with Crippen molar-refractivity contribution in [2.24, 2.45) is 0 Å². The predicted molar refractivity (Wildman–Crippen MR) is 63.9 cm³/mol. The fourth-order valence-corrected chi connectivity index (χ4v) is 1.91. The number of nitrogens with two attached hydrogens (primary N) is 1. The molecule has 15 heavy (non-hydrogen) atoms. The summed E-state index contributed by atoms with van der Waals surface area (Å²) in [5, 5.41) is 3.75. The SMILES string of the molecule is CC(C)[NH2+]CCc1c[nH]c2ccccc12. The topological polar surface area (TPSA) is 32.4 Å². The van der Waals surface area contributed by atoms with E-state index in [1.807, 2.05) is 0 Å². The molecule has 0 aliphatic carbocycles. The van der Waals surface area contributed by atoms with Crippen LogP contribution in [0.5, 0.6) is 0 Å². The largest absolute Gasteiger partial charge is 0.361 e. The summed E-state index contributed by atoms with van der Waals surface area (Å²) in [6.45, 7) is 5.63. The molecule has 2 heteroatoms. The monoisotopic (exact) mass is 203 g/mol. The molecule has 0 atom stereocenters. The van der Waals surface area contributed by atoms with Gasteiger partial charge >= 0.3 is 0 Å². The Morgan fingerprint density at radius 3 is 2.87 bits per heavy atom. The molecule has 0 unspecified atom stereocenters. The van der Waals surface area contributed by atoms with E-state index in [-0.39, 0.29) is 0 Å². The zero-order chi connectivity index (χ0) is 10.7. The predicted octanol–water partition coefficient (Wildman–Crippen LogP) is 1.68. The highest BCUT2D eigenvalue weighted by atomic mass is 14.9. The first kappa shape index (κ1) is 10.2. The molecule has 0 bridgehead atoms. The van der Waals surface area contributed by atoms with Crippen LogP contribution in [0.4, 0.5) is 0 Å². The van der Waals surface area contributed by atoms with E-state index in [2.05, 4.69) is 54.6 Å². The van der Waals surface area contributed by atoms with Crippen molar-refractivity contribution in [2.45, 2.75) is 26.3 Å². The van der Waals surface area contributed by atoms with Crippen LogP contribution in [-0.2, 0) is 6.42 Å². The standard InChI is InChI=1S/C13H18N2/c1-10(2)14-8-7-11-9-15-13-6-4-3-5-12(11)13/h3-6,9-10,14-15H,7-8H2,1-2H3/p+1. The van der Waals surface area contributed by atoms with Crippen LogP contribution in [0, 0.1) is 0 Å². The summed E-state index contributed by atoms with van der Waals surface area (Å²) in [5.41, 5.74) is 2.68. The molecule has 80 valence electrons. The lowest BCUT2D eigenvalue weighted by molar-refractivity contribution is -0.682. The molecule has 2 aromatic rings. The maximum atomic E-state index is 3.31. The molecule has 1 aromatic heterocycles. The first-order valence-corrected chi connectivity index (χ1v) is 5.65. The molecule has 0 spiro atoms. The van der Waals surface area contributed by atoms with E-state index < -0.39 is 0 Å². The third kappa shape index (κ3) is 2.39. The van der Waals surface area contributed by atoms with Crippen molar-refractivity contribution in [1.29, 1.82) is 0 Å². The molecule has 3 N–H and O–H groups in total. The van der Waals surface area contributed by atoms with E-state index in [0.29, 0.717) is 6.04 Å². The van der Waals surface area contributed by atoms with Gasteiger partial charge in [-0.15, -0.1) is 0 Å². The smallest absolute Gasteiger partial charge is 0.0802 e. The maximum Gasteiger partial charge on any atom is 0.0802 e. The van der Waals surface area contributed by atoms with Gasteiger partial charge in [0.25, 0.3) is 0 Å². The molecule has 2 nitrogen and oxygen atoms in total. The van der Waals surface area contributed by atoms with Crippen molar-refractivity contribution < 1.29 is 5.32 Å². The van der Waals surface area contributed by atoms with Gasteiger partial charge in [0.2, 0.25) is 0 Å². The van der Waals surface area contributed by atoms with Crippen LogP contribution >= 0.6 is 0 Å². The number of H-pyrrole nitrogens is 1. The first-order valence-electron chi connectivity index (χ1n) is 5.65. The molecule has 1 heterocycles. The van der Waals surface area contributed by atoms with Crippen molar-refractivity contribution in [3.63, 3.8) is 0 Å². The Hall–Kier alpha value is -1.28. The van der Waals surface area contributed by atoms with Crippen LogP contribution in [0.3, 0.4) is 0 Å². The second-order valence-electron chi connectivity index (χ2n) is 4.38. The highest BCUT2D eigenvalue weighted by Gasteiger charge is 2.03. The highest BCUT2D eigenvalue weighted by Crippen LogP contribution is 2.17. The van der Waals surface area contributed by atoms with Crippen LogP contribution in [-0.4, -0.2) is 17.6 Å². The van der Waals surface area contributed by atoms with Crippen LogP contribution in [0.25, 0.3) is 10.9 Å². The van der Waals surface area contributed by atoms with Gasteiger partial charge in [0.1, 0.15) is 0 Å². The molecule has 2 rings (SSSR count). The Kier molecular flexibility index (Phi) is 3.07. The van der Waals surface area contributed by atoms with Crippen LogP contribution in [0.15, 0.2) is 30.5 Å². The zero-order valence-corrected chi connectivity index (χ0v) is 9.46. The van der Waals surface area contributed by atoms with Gasteiger partial charge < -0.3 is 10.3 Å². The highest BCUT2D eigenvalue weighted by molar-refractivity contribution is 5.82. The molecule has 0 aliphatic rings. The minimum Gasteiger partial charge on any atom is -0.361 e.